The van der Waals surface area contributed by atoms with Crippen LogP contribution < -0.4 is 10.1 Å². The van der Waals surface area contributed by atoms with Crippen molar-refractivity contribution in [2.45, 2.75) is 12.6 Å². The number of para-hydroxylation sites is 2. The maximum Gasteiger partial charge on any atom is 0.239 e. The Labute approximate surface area is 128 Å². The Bertz CT molecular complexity index is 704. The monoisotopic (exact) mass is 298 g/mol. The lowest BCUT2D eigenvalue weighted by Crippen LogP contribution is -2.23. The number of nitrogens with zero attached hydrogens (tertiary/aromatic N) is 1. The molecule has 0 bridgehead atoms. The topological polar surface area (TPSA) is 67.5 Å². The Morgan fingerprint density at radius 2 is 1.95 bits per heavy atom. The molecule has 2 aromatic carbocycles. The molecule has 0 saturated carbocycles. The van der Waals surface area contributed by atoms with Crippen LogP contribution in [0.5, 0.6) is 5.75 Å². The maximum atomic E-state index is 10.1. The van der Waals surface area contributed by atoms with E-state index in [0.717, 1.165) is 23.3 Å². The molecule has 3 rings (SSSR count). The van der Waals surface area contributed by atoms with Gasteiger partial charge in [-0.2, -0.15) is 0 Å². The Hall–Kier alpha value is -2.37. The number of fused-ring (bicyclic) bond motifs is 1. The van der Waals surface area contributed by atoms with Crippen LogP contribution in [-0.2, 0) is 6.42 Å². The van der Waals surface area contributed by atoms with Crippen LogP contribution in [-0.4, -0.2) is 23.7 Å². The molecule has 5 nitrogen and oxygen atoms in total. The van der Waals surface area contributed by atoms with Crippen molar-refractivity contribution in [3.05, 3.63) is 60.0 Å². The van der Waals surface area contributed by atoms with E-state index >= 15 is 0 Å². The number of aliphatic hydroxyl groups excluding tert-OH is 1. The fourth-order valence-corrected chi connectivity index (χ4v) is 2.24. The van der Waals surface area contributed by atoms with E-state index < -0.39 is 6.23 Å². The minimum Gasteiger partial charge on any atom is -0.497 e. The van der Waals surface area contributed by atoms with Crippen LogP contribution in [0.4, 0.5) is 0 Å². The van der Waals surface area contributed by atoms with E-state index in [1.807, 2.05) is 48.5 Å². The Morgan fingerprint density at radius 1 is 1.18 bits per heavy atom. The predicted octanol–water partition coefficient (Wildman–Crippen LogP) is 2.66. The van der Waals surface area contributed by atoms with Crippen molar-refractivity contribution in [3.8, 4) is 5.75 Å². The highest BCUT2D eigenvalue weighted by molar-refractivity contribution is 5.72. The van der Waals surface area contributed by atoms with E-state index in [1.54, 1.807) is 7.11 Å². The Kier molecular flexibility index (Phi) is 4.37. The van der Waals surface area contributed by atoms with E-state index in [2.05, 4.69) is 10.3 Å². The molecule has 0 saturated heterocycles. The van der Waals surface area contributed by atoms with Gasteiger partial charge in [-0.3, -0.25) is 5.32 Å². The highest BCUT2D eigenvalue weighted by atomic mass is 16.5. The van der Waals surface area contributed by atoms with Crippen LogP contribution in [0.1, 0.15) is 17.7 Å². The van der Waals surface area contributed by atoms with Gasteiger partial charge in [-0.25, -0.2) is 4.98 Å². The number of methoxy groups -OCH3 is 1. The van der Waals surface area contributed by atoms with Gasteiger partial charge in [0.15, 0.2) is 11.8 Å². The molecule has 0 amide bonds. The number of hydrogen-bond donors (Lipinski definition) is 2. The molecule has 2 N–H and O–H groups in total. The molecule has 0 aliphatic rings. The van der Waals surface area contributed by atoms with Crippen molar-refractivity contribution < 1.29 is 14.3 Å². The Morgan fingerprint density at radius 3 is 2.68 bits per heavy atom. The van der Waals surface area contributed by atoms with Gasteiger partial charge in [0.1, 0.15) is 11.3 Å². The van der Waals surface area contributed by atoms with Gasteiger partial charge < -0.3 is 14.3 Å². The number of ether oxygens (including phenoxy) is 1. The lowest BCUT2D eigenvalue weighted by molar-refractivity contribution is 0.111. The van der Waals surface area contributed by atoms with Gasteiger partial charge in [-0.05, 0) is 36.2 Å². The summed E-state index contributed by atoms with van der Waals surface area (Å²) in [6, 6.07) is 15.3. The van der Waals surface area contributed by atoms with Crippen molar-refractivity contribution >= 4 is 11.1 Å². The minimum atomic E-state index is -0.911. The van der Waals surface area contributed by atoms with Crippen molar-refractivity contribution in [3.63, 3.8) is 0 Å². The number of aromatic nitrogens is 1. The van der Waals surface area contributed by atoms with Gasteiger partial charge in [0, 0.05) is 6.54 Å². The molecule has 3 aromatic rings. The molecule has 0 fully saturated rings. The Balaban J connectivity index is 1.56. The smallest absolute Gasteiger partial charge is 0.239 e. The molecule has 1 aromatic heterocycles. The number of hydrogen-bond acceptors (Lipinski definition) is 5. The molecule has 1 heterocycles. The first-order valence-electron chi connectivity index (χ1n) is 7.16. The molecule has 0 radical (unpaired) electrons. The van der Waals surface area contributed by atoms with Crippen molar-refractivity contribution in [1.82, 2.24) is 10.3 Å². The van der Waals surface area contributed by atoms with Crippen LogP contribution in [0.25, 0.3) is 11.1 Å². The summed E-state index contributed by atoms with van der Waals surface area (Å²) in [6.07, 6.45) is -0.118. The van der Waals surface area contributed by atoms with Gasteiger partial charge in [-0.15, -0.1) is 0 Å². The van der Waals surface area contributed by atoms with E-state index in [9.17, 15) is 5.11 Å². The summed E-state index contributed by atoms with van der Waals surface area (Å²) < 4.78 is 10.6. The van der Waals surface area contributed by atoms with E-state index in [0.29, 0.717) is 12.1 Å². The fraction of sp³-hybridized carbons (Fsp3) is 0.235. The van der Waals surface area contributed by atoms with Crippen molar-refractivity contribution in [1.29, 1.82) is 0 Å². The lowest BCUT2D eigenvalue weighted by atomic mass is 10.1. The minimum absolute atomic E-state index is 0.288. The zero-order chi connectivity index (χ0) is 15.4. The third kappa shape index (κ3) is 3.27. The molecular formula is C17H18N2O3. The third-order valence-electron chi connectivity index (χ3n) is 3.45. The van der Waals surface area contributed by atoms with Crippen LogP contribution in [0.15, 0.2) is 52.9 Å². The SMILES string of the molecule is COc1ccc(CCNC(O)c2nc3ccccc3o2)cc1. The van der Waals surface area contributed by atoms with Crippen molar-refractivity contribution in [2.75, 3.05) is 13.7 Å². The van der Waals surface area contributed by atoms with Gasteiger partial charge >= 0.3 is 0 Å². The molecular weight excluding hydrogens is 280 g/mol. The summed E-state index contributed by atoms with van der Waals surface area (Å²) in [5, 5.41) is 13.1. The maximum absolute atomic E-state index is 10.1. The summed E-state index contributed by atoms with van der Waals surface area (Å²) in [4.78, 5) is 4.27. The van der Waals surface area contributed by atoms with E-state index in [1.165, 1.54) is 0 Å². The van der Waals surface area contributed by atoms with Gasteiger partial charge in [-0.1, -0.05) is 24.3 Å². The molecule has 1 unspecified atom stereocenters. The average molecular weight is 298 g/mol. The number of aliphatic hydroxyl groups is 1. The first-order chi connectivity index (χ1) is 10.8. The zero-order valence-corrected chi connectivity index (χ0v) is 12.3. The zero-order valence-electron chi connectivity index (χ0n) is 12.3. The van der Waals surface area contributed by atoms with Gasteiger partial charge in [0.05, 0.1) is 7.11 Å². The summed E-state index contributed by atoms with van der Waals surface area (Å²) in [5.74, 6) is 1.12. The fourth-order valence-electron chi connectivity index (χ4n) is 2.24. The highest BCUT2D eigenvalue weighted by Gasteiger charge is 2.14. The standard InChI is InChI=1S/C17H18N2O3/c1-21-13-8-6-12(7-9-13)10-11-18-16(20)17-19-14-4-2-3-5-15(14)22-17/h2-9,16,18,20H,10-11H2,1H3. The van der Waals surface area contributed by atoms with E-state index in [4.69, 9.17) is 9.15 Å². The molecule has 1 atom stereocenters. The average Bonchev–Trinajstić information content (AvgIpc) is 2.99. The van der Waals surface area contributed by atoms with E-state index in [-0.39, 0.29) is 5.89 Å². The summed E-state index contributed by atoms with van der Waals surface area (Å²) in [5.41, 5.74) is 2.58. The van der Waals surface area contributed by atoms with Crippen LogP contribution >= 0.6 is 0 Å². The highest BCUT2D eigenvalue weighted by Crippen LogP contribution is 2.18. The first-order valence-corrected chi connectivity index (χ1v) is 7.16. The largest absolute Gasteiger partial charge is 0.497 e. The normalized spacial score (nSPS) is 12.5. The number of rotatable bonds is 6. The third-order valence-corrected chi connectivity index (χ3v) is 3.45. The molecule has 0 aliphatic heterocycles. The summed E-state index contributed by atoms with van der Waals surface area (Å²) in [7, 11) is 1.65. The van der Waals surface area contributed by atoms with Gasteiger partial charge in [0.2, 0.25) is 5.89 Å². The molecule has 0 aliphatic carbocycles. The number of benzene rings is 2. The number of nitrogens with one attached hydrogen (secondary N) is 1. The predicted molar refractivity (Wildman–Crippen MR) is 83.7 cm³/mol. The molecule has 22 heavy (non-hydrogen) atoms. The van der Waals surface area contributed by atoms with Crippen LogP contribution in [0, 0.1) is 0 Å². The second-order valence-corrected chi connectivity index (χ2v) is 4.97. The second-order valence-electron chi connectivity index (χ2n) is 4.97. The second kappa shape index (κ2) is 6.60. The van der Waals surface area contributed by atoms with Gasteiger partial charge in [0.25, 0.3) is 0 Å². The molecule has 5 heteroatoms. The molecule has 114 valence electrons. The van der Waals surface area contributed by atoms with Crippen LogP contribution in [0.2, 0.25) is 0 Å². The van der Waals surface area contributed by atoms with Crippen molar-refractivity contribution in [2.24, 2.45) is 0 Å². The summed E-state index contributed by atoms with van der Waals surface area (Å²) >= 11 is 0. The number of oxazole rings is 1. The summed E-state index contributed by atoms with van der Waals surface area (Å²) in [6.45, 7) is 0.617. The first kappa shape index (κ1) is 14.6. The molecule has 0 spiro atoms. The quantitative estimate of drug-likeness (QED) is 0.685. The lowest BCUT2D eigenvalue weighted by Gasteiger charge is -2.09. The van der Waals surface area contributed by atoms with Crippen LogP contribution in [0.3, 0.4) is 0 Å².